The van der Waals surface area contributed by atoms with Gasteiger partial charge in [0.25, 0.3) is 5.91 Å². The third-order valence-corrected chi connectivity index (χ3v) is 4.98. The number of hydrogen-bond donors (Lipinski definition) is 1. The van der Waals surface area contributed by atoms with Crippen molar-refractivity contribution < 1.29 is 18.0 Å². The lowest BCUT2D eigenvalue weighted by atomic mass is 9.98. The van der Waals surface area contributed by atoms with Crippen LogP contribution < -0.4 is 5.32 Å². The molecule has 5 heteroatoms. The van der Waals surface area contributed by atoms with Crippen molar-refractivity contribution in [3.05, 3.63) is 89.2 Å². The quantitative estimate of drug-likeness (QED) is 0.431. The van der Waals surface area contributed by atoms with Gasteiger partial charge in [-0.05, 0) is 54.8 Å². The maximum Gasteiger partial charge on any atom is 0.261 e. The van der Waals surface area contributed by atoms with Crippen LogP contribution in [0.5, 0.6) is 0 Å². The molecule has 0 unspecified atom stereocenters. The smallest absolute Gasteiger partial charge is 0.261 e. The third-order valence-electron chi connectivity index (χ3n) is 4.98. The van der Waals surface area contributed by atoms with E-state index in [0.717, 1.165) is 45.6 Å². The maximum atomic E-state index is 13.9. The van der Waals surface area contributed by atoms with Crippen LogP contribution in [0.2, 0.25) is 0 Å². The molecule has 146 valence electrons. The van der Waals surface area contributed by atoms with E-state index in [1.807, 2.05) is 50.2 Å². The normalized spacial score (nSPS) is 11.0. The second-order valence-corrected chi connectivity index (χ2v) is 6.81. The average Bonchev–Trinajstić information content (AvgIpc) is 3.04. The van der Waals surface area contributed by atoms with Crippen LogP contribution in [0.15, 0.2) is 65.1 Å². The second-order valence-electron chi connectivity index (χ2n) is 6.81. The summed E-state index contributed by atoms with van der Waals surface area (Å²) in [5, 5.41) is 3.65. The molecule has 0 aliphatic rings. The number of aryl methyl sites for hydroxylation is 2. The minimum atomic E-state index is -0.891. The average molecular weight is 391 g/mol. The van der Waals surface area contributed by atoms with E-state index in [4.69, 9.17) is 4.42 Å². The Bertz CT molecular complexity index is 1210. The summed E-state index contributed by atoms with van der Waals surface area (Å²) in [4.78, 5) is 12.5. The number of para-hydroxylation sites is 1. The Morgan fingerprint density at radius 3 is 2.45 bits per heavy atom. The van der Waals surface area contributed by atoms with Crippen LogP contribution in [0.1, 0.15) is 28.6 Å². The molecule has 0 atom stereocenters. The Morgan fingerprint density at radius 2 is 1.72 bits per heavy atom. The van der Waals surface area contributed by atoms with Crippen LogP contribution in [0.3, 0.4) is 0 Å². The van der Waals surface area contributed by atoms with Crippen molar-refractivity contribution in [1.82, 2.24) is 0 Å². The number of nitrogens with one attached hydrogen (secondary N) is 1. The Labute approximate surface area is 167 Å². The minimum absolute atomic E-state index is 0.523. The number of fused-ring (bicyclic) bond motifs is 1. The molecular weight excluding hydrogens is 372 g/mol. The van der Waals surface area contributed by atoms with Crippen LogP contribution >= 0.6 is 0 Å². The van der Waals surface area contributed by atoms with E-state index in [1.165, 1.54) is 6.07 Å². The zero-order valence-corrected chi connectivity index (χ0v) is 16.1. The third kappa shape index (κ3) is 3.40. The largest absolute Gasteiger partial charge is 0.461 e. The Balaban J connectivity index is 1.72. The van der Waals surface area contributed by atoms with Gasteiger partial charge in [0.2, 0.25) is 0 Å². The summed E-state index contributed by atoms with van der Waals surface area (Å²) in [7, 11) is 0. The molecule has 29 heavy (non-hydrogen) atoms. The summed E-state index contributed by atoms with van der Waals surface area (Å²) < 4.78 is 33.7. The lowest BCUT2D eigenvalue weighted by Crippen LogP contribution is -2.16. The predicted molar refractivity (Wildman–Crippen MR) is 110 cm³/mol. The second kappa shape index (κ2) is 7.51. The Kier molecular flexibility index (Phi) is 4.89. The number of rotatable bonds is 4. The van der Waals surface area contributed by atoms with Crippen LogP contribution in [-0.2, 0) is 6.42 Å². The van der Waals surface area contributed by atoms with Crippen LogP contribution in [0.4, 0.5) is 14.5 Å². The van der Waals surface area contributed by atoms with Gasteiger partial charge in [-0.15, -0.1) is 0 Å². The van der Waals surface area contributed by atoms with Gasteiger partial charge in [0.15, 0.2) is 0 Å². The summed E-state index contributed by atoms with van der Waals surface area (Å²) in [6.45, 7) is 3.87. The molecule has 1 aromatic heterocycles. The molecule has 0 saturated heterocycles. The van der Waals surface area contributed by atoms with Gasteiger partial charge in [-0.2, -0.15) is 0 Å². The van der Waals surface area contributed by atoms with Gasteiger partial charge in [-0.3, -0.25) is 4.79 Å². The highest BCUT2D eigenvalue weighted by Gasteiger charge is 2.19. The number of halogens is 2. The van der Waals surface area contributed by atoms with Crippen LogP contribution in [-0.4, -0.2) is 5.91 Å². The summed E-state index contributed by atoms with van der Waals surface area (Å²) >= 11 is 0. The van der Waals surface area contributed by atoms with Gasteiger partial charge in [-0.1, -0.05) is 37.3 Å². The van der Waals surface area contributed by atoms with E-state index in [1.54, 1.807) is 6.07 Å². The first-order valence-electron chi connectivity index (χ1n) is 9.36. The van der Waals surface area contributed by atoms with Crippen molar-refractivity contribution in [2.45, 2.75) is 20.3 Å². The molecule has 1 heterocycles. The van der Waals surface area contributed by atoms with Gasteiger partial charge >= 0.3 is 0 Å². The zero-order chi connectivity index (χ0) is 20.5. The van der Waals surface area contributed by atoms with Crippen molar-refractivity contribution in [3.8, 4) is 11.1 Å². The minimum Gasteiger partial charge on any atom is -0.461 e. The predicted octanol–water partition coefficient (Wildman–Crippen LogP) is 6.50. The number of benzene rings is 3. The standard InChI is InChI=1S/C24H19F2NO2/c1-3-15-13-16(22-14(2)29-21-10-5-4-7-17(21)22)11-12-20(15)27-24(28)23-18(25)8-6-9-19(23)26/h4-13H,3H2,1-2H3,(H,27,28). The zero-order valence-electron chi connectivity index (χ0n) is 16.1. The number of hydrogen-bond acceptors (Lipinski definition) is 2. The fourth-order valence-electron chi connectivity index (χ4n) is 3.59. The first kappa shape index (κ1) is 18.9. The van der Waals surface area contributed by atoms with Crippen molar-refractivity contribution in [1.29, 1.82) is 0 Å². The molecule has 0 spiro atoms. The number of carbonyl (C=O) groups is 1. The summed E-state index contributed by atoms with van der Waals surface area (Å²) in [5.41, 5.74) is 3.56. The molecule has 3 aromatic carbocycles. The molecule has 1 N–H and O–H groups in total. The summed E-state index contributed by atoms with van der Waals surface area (Å²) in [5.74, 6) is -1.79. The van der Waals surface area contributed by atoms with Crippen molar-refractivity contribution in [2.24, 2.45) is 0 Å². The molecule has 0 aliphatic heterocycles. The fourth-order valence-corrected chi connectivity index (χ4v) is 3.59. The molecule has 4 rings (SSSR count). The first-order chi connectivity index (χ1) is 14.0. The van der Waals surface area contributed by atoms with Gasteiger partial charge in [0.05, 0.1) is 0 Å². The molecule has 0 fully saturated rings. The SMILES string of the molecule is CCc1cc(-c2c(C)oc3ccccc23)ccc1NC(=O)c1c(F)cccc1F. The highest BCUT2D eigenvalue weighted by molar-refractivity contribution is 6.05. The highest BCUT2D eigenvalue weighted by Crippen LogP contribution is 2.36. The van der Waals surface area contributed by atoms with E-state index in [0.29, 0.717) is 12.1 Å². The van der Waals surface area contributed by atoms with Crippen LogP contribution in [0, 0.1) is 18.6 Å². The van der Waals surface area contributed by atoms with Crippen LogP contribution in [0.25, 0.3) is 22.1 Å². The Hall–Kier alpha value is -3.47. The van der Waals surface area contributed by atoms with Gasteiger partial charge < -0.3 is 9.73 Å². The van der Waals surface area contributed by atoms with Gasteiger partial charge in [0.1, 0.15) is 28.5 Å². The monoisotopic (exact) mass is 391 g/mol. The highest BCUT2D eigenvalue weighted by atomic mass is 19.1. The summed E-state index contributed by atoms with van der Waals surface area (Å²) in [6.07, 6.45) is 0.637. The lowest BCUT2D eigenvalue weighted by Gasteiger charge is -2.13. The van der Waals surface area contributed by atoms with E-state index in [9.17, 15) is 13.6 Å². The van der Waals surface area contributed by atoms with E-state index >= 15 is 0 Å². The molecule has 0 radical (unpaired) electrons. The number of amides is 1. The first-order valence-corrected chi connectivity index (χ1v) is 9.36. The van der Waals surface area contributed by atoms with E-state index in [2.05, 4.69) is 5.32 Å². The molecule has 0 aliphatic carbocycles. The van der Waals surface area contributed by atoms with E-state index in [-0.39, 0.29) is 0 Å². The molecule has 0 saturated carbocycles. The summed E-state index contributed by atoms with van der Waals surface area (Å²) in [6, 6.07) is 16.8. The number of furan rings is 1. The van der Waals surface area contributed by atoms with Gasteiger partial charge in [0, 0.05) is 16.6 Å². The maximum absolute atomic E-state index is 13.9. The van der Waals surface area contributed by atoms with Crippen molar-refractivity contribution >= 4 is 22.6 Å². The molecular formula is C24H19F2NO2. The van der Waals surface area contributed by atoms with Gasteiger partial charge in [-0.25, -0.2) is 8.78 Å². The molecule has 3 nitrogen and oxygen atoms in total. The Morgan fingerprint density at radius 1 is 1.00 bits per heavy atom. The molecule has 1 amide bonds. The van der Waals surface area contributed by atoms with E-state index < -0.39 is 23.1 Å². The number of carbonyl (C=O) groups excluding carboxylic acids is 1. The topological polar surface area (TPSA) is 42.2 Å². The molecule has 4 aromatic rings. The lowest BCUT2D eigenvalue weighted by molar-refractivity contribution is 0.101. The van der Waals surface area contributed by atoms with Crippen molar-refractivity contribution in [2.75, 3.05) is 5.32 Å². The number of anilines is 1. The molecule has 0 bridgehead atoms. The van der Waals surface area contributed by atoms with Crippen molar-refractivity contribution in [3.63, 3.8) is 0 Å². The fraction of sp³-hybridized carbons (Fsp3) is 0.125.